The molecule has 4 nitrogen and oxygen atoms in total. The van der Waals surface area contributed by atoms with E-state index in [1.165, 1.54) is 18.2 Å². The first kappa shape index (κ1) is 13.9. The smallest absolute Gasteiger partial charge is 0.341 e. The van der Waals surface area contributed by atoms with E-state index >= 15 is 0 Å². The van der Waals surface area contributed by atoms with Crippen molar-refractivity contribution >= 4 is 9.84 Å². The lowest BCUT2D eigenvalue weighted by Crippen LogP contribution is -2.18. The molecule has 0 aliphatic rings. The van der Waals surface area contributed by atoms with Crippen molar-refractivity contribution < 1.29 is 21.9 Å². The number of sulfone groups is 1. The number of ether oxygens (including phenoxy) is 1. The van der Waals surface area contributed by atoms with Crippen LogP contribution in [0.2, 0.25) is 0 Å². The molecular weight excluding hydrogens is 252 g/mol. The van der Waals surface area contributed by atoms with Crippen molar-refractivity contribution in [2.75, 3.05) is 20.2 Å². The molecule has 96 valence electrons. The van der Waals surface area contributed by atoms with Gasteiger partial charge in [-0.3, -0.25) is 0 Å². The Morgan fingerprint density at radius 1 is 1.35 bits per heavy atom. The fourth-order valence-electron chi connectivity index (χ4n) is 1.16. The average molecular weight is 265 g/mol. The number of alkyl halides is 2. The first-order valence-corrected chi connectivity index (χ1v) is 6.43. The molecule has 1 N–H and O–H groups in total. The summed E-state index contributed by atoms with van der Waals surface area (Å²) in [6, 6.07) is 5.36. The van der Waals surface area contributed by atoms with Crippen LogP contribution in [0.15, 0.2) is 29.2 Å². The van der Waals surface area contributed by atoms with Crippen molar-refractivity contribution in [3.8, 4) is 5.75 Å². The third-order valence-electron chi connectivity index (χ3n) is 2.00. The van der Waals surface area contributed by atoms with E-state index in [1.54, 1.807) is 7.05 Å². The van der Waals surface area contributed by atoms with Gasteiger partial charge >= 0.3 is 5.76 Å². The van der Waals surface area contributed by atoms with Crippen molar-refractivity contribution in [1.82, 2.24) is 5.32 Å². The lowest BCUT2D eigenvalue weighted by molar-refractivity contribution is 0.233. The topological polar surface area (TPSA) is 55.4 Å². The predicted octanol–water partition coefficient (Wildman–Crippen LogP) is 1.28. The summed E-state index contributed by atoms with van der Waals surface area (Å²) in [5.74, 6) is -3.50. The van der Waals surface area contributed by atoms with Crippen molar-refractivity contribution in [1.29, 1.82) is 0 Å². The van der Waals surface area contributed by atoms with E-state index in [-0.39, 0.29) is 12.4 Å². The van der Waals surface area contributed by atoms with Gasteiger partial charge in [-0.05, 0) is 19.2 Å². The van der Waals surface area contributed by atoms with Gasteiger partial charge in [-0.25, -0.2) is 8.42 Å². The van der Waals surface area contributed by atoms with Gasteiger partial charge < -0.3 is 10.1 Å². The number of hydrogen-bond acceptors (Lipinski definition) is 4. The first-order chi connectivity index (χ1) is 8.00. The molecular formula is C10H13F2NO3S. The zero-order chi connectivity index (χ0) is 12.9. The van der Waals surface area contributed by atoms with Gasteiger partial charge in [0, 0.05) is 6.54 Å². The Hall–Kier alpha value is -1.21. The number of nitrogens with one attached hydrogen (secondary N) is 1. The molecule has 0 radical (unpaired) electrons. The summed E-state index contributed by atoms with van der Waals surface area (Å²) < 4.78 is 52.6. The molecule has 17 heavy (non-hydrogen) atoms. The Morgan fingerprint density at radius 2 is 2.00 bits per heavy atom. The van der Waals surface area contributed by atoms with Crippen molar-refractivity contribution in [2.45, 2.75) is 10.7 Å². The summed E-state index contributed by atoms with van der Waals surface area (Å²) in [4.78, 5) is -0.480. The van der Waals surface area contributed by atoms with Crippen LogP contribution in [-0.2, 0) is 9.84 Å². The van der Waals surface area contributed by atoms with Crippen LogP contribution in [-0.4, -0.2) is 34.4 Å². The minimum absolute atomic E-state index is 0.0527. The molecule has 0 saturated heterocycles. The fraction of sp³-hybridized carbons (Fsp3) is 0.400. The van der Waals surface area contributed by atoms with E-state index in [9.17, 15) is 17.2 Å². The Labute approximate surface area is 98.5 Å². The number of benzene rings is 1. The lowest BCUT2D eigenvalue weighted by Gasteiger charge is -2.11. The summed E-state index contributed by atoms with van der Waals surface area (Å²) in [5, 5.41) is 2.80. The minimum Gasteiger partial charge on any atom is -0.491 e. The Morgan fingerprint density at radius 3 is 2.59 bits per heavy atom. The summed E-state index contributed by atoms with van der Waals surface area (Å²) in [7, 11) is -2.92. The lowest BCUT2D eigenvalue weighted by atomic mass is 10.3. The van der Waals surface area contributed by atoms with Gasteiger partial charge in [0.05, 0.1) is 0 Å². The van der Waals surface area contributed by atoms with Gasteiger partial charge in [0.1, 0.15) is 17.3 Å². The maximum absolute atomic E-state index is 12.4. The number of likely N-dealkylation sites (N-methyl/N-ethyl adjacent to an activating group) is 1. The second-order valence-electron chi connectivity index (χ2n) is 3.20. The van der Waals surface area contributed by atoms with Crippen molar-refractivity contribution in [2.24, 2.45) is 0 Å². The SMILES string of the molecule is CNCCOc1ccccc1S(=O)(=O)C(F)F. The highest BCUT2D eigenvalue weighted by Gasteiger charge is 2.29. The third kappa shape index (κ3) is 3.37. The van der Waals surface area contributed by atoms with Crippen LogP contribution < -0.4 is 10.1 Å². The van der Waals surface area contributed by atoms with Gasteiger partial charge in [0.25, 0.3) is 0 Å². The maximum Gasteiger partial charge on any atom is 0.341 e. The van der Waals surface area contributed by atoms with E-state index in [0.29, 0.717) is 6.54 Å². The van der Waals surface area contributed by atoms with E-state index in [2.05, 4.69) is 5.32 Å². The molecule has 0 fully saturated rings. The third-order valence-corrected chi connectivity index (χ3v) is 3.42. The predicted molar refractivity (Wildman–Crippen MR) is 59.1 cm³/mol. The molecule has 0 aliphatic carbocycles. The summed E-state index contributed by atoms with van der Waals surface area (Å²) >= 11 is 0. The van der Waals surface area contributed by atoms with Crippen LogP contribution in [0.3, 0.4) is 0 Å². The summed E-state index contributed by atoms with van der Waals surface area (Å²) in [5.41, 5.74) is 0. The minimum atomic E-state index is -4.62. The number of hydrogen-bond donors (Lipinski definition) is 1. The van der Waals surface area contributed by atoms with Crippen LogP contribution in [0.4, 0.5) is 8.78 Å². The highest BCUT2D eigenvalue weighted by atomic mass is 32.2. The second kappa shape index (κ2) is 5.92. The standard InChI is InChI=1S/C10H13F2NO3S/c1-13-6-7-16-8-4-2-3-5-9(8)17(14,15)10(11)12/h2-5,10,13H,6-7H2,1H3. The quantitative estimate of drug-likeness (QED) is 0.787. The molecule has 1 rings (SSSR count). The van der Waals surface area contributed by atoms with Crippen LogP contribution >= 0.6 is 0 Å². The van der Waals surface area contributed by atoms with Crippen LogP contribution in [0.1, 0.15) is 0 Å². The molecule has 1 aromatic rings. The summed E-state index contributed by atoms with van der Waals surface area (Å²) in [6.45, 7) is 0.690. The first-order valence-electron chi connectivity index (χ1n) is 4.88. The highest BCUT2D eigenvalue weighted by Crippen LogP contribution is 2.27. The molecule has 0 saturated carbocycles. The van der Waals surface area contributed by atoms with Crippen LogP contribution in [0, 0.1) is 0 Å². The Kier molecular flexibility index (Phi) is 4.83. The molecule has 0 amide bonds. The normalized spacial score (nSPS) is 11.8. The van der Waals surface area contributed by atoms with Gasteiger partial charge in [0.15, 0.2) is 0 Å². The molecule has 0 heterocycles. The van der Waals surface area contributed by atoms with Gasteiger partial charge in [-0.15, -0.1) is 0 Å². The monoisotopic (exact) mass is 265 g/mol. The molecule has 0 bridgehead atoms. The molecule has 7 heteroatoms. The fourth-order valence-corrected chi connectivity index (χ4v) is 2.03. The molecule has 0 spiro atoms. The second-order valence-corrected chi connectivity index (χ2v) is 5.09. The van der Waals surface area contributed by atoms with Crippen molar-refractivity contribution in [3.63, 3.8) is 0 Å². The largest absolute Gasteiger partial charge is 0.491 e. The summed E-state index contributed by atoms with van der Waals surface area (Å²) in [6.07, 6.45) is 0. The zero-order valence-electron chi connectivity index (χ0n) is 9.19. The Bertz CT molecular complexity index is 462. The molecule has 0 aliphatic heterocycles. The van der Waals surface area contributed by atoms with Gasteiger partial charge in [0.2, 0.25) is 9.84 Å². The van der Waals surface area contributed by atoms with Crippen molar-refractivity contribution in [3.05, 3.63) is 24.3 Å². The van der Waals surface area contributed by atoms with E-state index in [4.69, 9.17) is 4.74 Å². The molecule has 0 aromatic heterocycles. The number of halogens is 2. The maximum atomic E-state index is 12.4. The van der Waals surface area contributed by atoms with E-state index in [0.717, 1.165) is 6.07 Å². The molecule has 1 aromatic carbocycles. The number of rotatable bonds is 6. The van der Waals surface area contributed by atoms with Crippen LogP contribution in [0.5, 0.6) is 5.75 Å². The average Bonchev–Trinajstić information content (AvgIpc) is 2.29. The number of para-hydroxylation sites is 1. The van der Waals surface area contributed by atoms with E-state index in [1.807, 2.05) is 0 Å². The van der Waals surface area contributed by atoms with Crippen LogP contribution in [0.25, 0.3) is 0 Å². The zero-order valence-corrected chi connectivity index (χ0v) is 10.0. The highest BCUT2D eigenvalue weighted by molar-refractivity contribution is 7.91. The van der Waals surface area contributed by atoms with E-state index < -0.39 is 20.5 Å². The molecule has 0 atom stereocenters. The molecule has 0 unspecified atom stereocenters. The van der Waals surface area contributed by atoms with Gasteiger partial charge in [-0.1, -0.05) is 12.1 Å². The Balaban J connectivity index is 3.00. The van der Waals surface area contributed by atoms with Gasteiger partial charge in [-0.2, -0.15) is 8.78 Å².